The molecule has 0 radical (unpaired) electrons. The van der Waals surface area contributed by atoms with Crippen LogP contribution >= 0.6 is 0 Å². The number of aromatic nitrogens is 1. The van der Waals surface area contributed by atoms with Gasteiger partial charge in [0.2, 0.25) is 11.8 Å². The molecule has 0 atom stereocenters. The molecule has 1 aliphatic rings. The van der Waals surface area contributed by atoms with Crippen molar-refractivity contribution in [2.24, 2.45) is 5.92 Å². The van der Waals surface area contributed by atoms with Crippen molar-refractivity contribution in [3.8, 4) is 23.2 Å². The molecule has 0 unspecified atom stereocenters. The Balaban J connectivity index is 1.91. The molecule has 2 heterocycles. The highest BCUT2D eigenvalue weighted by Gasteiger charge is 2.24. The van der Waals surface area contributed by atoms with Crippen molar-refractivity contribution in [3.63, 3.8) is 0 Å². The number of anilines is 1. The quantitative estimate of drug-likeness (QED) is 0.814. The normalized spacial score (nSPS) is 16.1. The van der Waals surface area contributed by atoms with E-state index in [1.807, 2.05) is 0 Å². The SMILES string of the molecule is CCC1CCN(c2cc(O)n(-c3cccc(O)c3)c2O)CC1. The lowest BCUT2D eigenvalue weighted by Gasteiger charge is -2.32. The van der Waals surface area contributed by atoms with E-state index in [9.17, 15) is 15.3 Å². The van der Waals surface area contributed by atoms with E-state index in [0.717, 1.165) is 31.8 Å². The van der Waals surface area contributed by atoms with Gasteiger partial charge in [0.25, 0.3) is 0 Å². The molecular weight excluding hydrogens is 280 g/mol. The number of benzene rings is 1. The van der Waals surface area contributed by atoms with Crippen molar-refractivity contribution in [2.45, 2.75) is 26.2 Å². The summed E-state index contributed by atoms with van der Waals surface area (Å²) in [6.07, 6.45) is 3.40. The average molecular weight is 302 g/mol. The zero-order chi connectivity index (χ0) is 15.7. The van der Waals surface area contributed by atoms with Gasteiger partial charge < -0.3 is 20.2 Å². The van der Waals surface area contributed by atoms with Crippen LogP contribution in [-0.2, 0) is 0 Å². The Morgan fingerprint density at radius 1 is 1.09 bits per heavy atom. The standard InChI is InChI=1S/C17H22N2O3/c1-2-12-6-8-18(9-7-12)15-11-16(21)19(17(15)22)13-4-3-5-14(20)10-13/h3-5,10-12,20-22H,2,6-9H2,1H3. The second kappa shape index (κ2) is 5.83. The highest BCUT2D eigenvalue weighted by atomic mass is 16.3. The Bertz CT molecular complexity index is 658. The lowest BCUT2D eigenvalue weighted by Crippen LogP contribution is -2.33. The molecular formula is C17H22N2O3. The van der Waals surface area contributed by atoms with E-state index < -0.39 is 0 Å². The van der Waals surface area contributed by atoms with Crippen molar-refractivity contribution < 1.29 is 15.3 Å². The number of aromatic hydroxyl groups is 3. The van der Waals surface area contributed by atoms with Gasteiger partial charge in [-0.15, -0.1) is 0 Å². The highest BCUT2D eigenvalue weighted by molar-refractivity contribution is 5.63. The average Bonchev–Trinajstić information content (AvgIpc) is 2.82. The van der Waals surface area contributed by atoms with Crippen LogP contribution in [0.15, 0.2) is 30.3 Å². The van der Waals surface area contributed by atoms with Crippen molar-refractivity contribution in [1.82, 2.24) is 4.57 Å². The molecule has 1 fully saturated rings. The topological polar surface area (TPSA) is 68.9 Å². The van der Waals surface area contributed by atoms with Crippen LogP contribution in [0.25, 0.3) is 5.69 Å². The first kappa shape index (κ1) is 14.6. The zero-order valence-corrected chi connectivity index (χ0v) is 12.7. The summed E-state index contributed by atoms with van der Waals surface area (Å²) in [5, 5.41) is 30.3. The van der Waals surface area contributed by atoms with Gasteiger partial charge in [0.15, 0.2) is 0 Å². The van der Waals surface area contributed by atoms with Crippen LogP contribution in [0.4, 0.5) is 5.69 Å². The van der Waals surface area contributed by atoms with Crippen LogP contribution in [0.1, 0.15) is 26.2 Å². The number of phenols is 1. The molecule has 3 N–H and O–H groups in total. The highest BCUT2D eigenvalue weighted by Crippen LogP contribution is 2.39. The maximum absolute atomic E-state index is 10.5. The Kier molecular flexibility index (Phi) is 3.88. The number of hydrogen-bond donors (Lipinski definition) is 3. The van der Waals surface area contributed by atoms with E-state index in [1.54, 1.807) is 24.3 Å². The monoisotopic (exact) mass is 302 g/mol. The molecule has 0 saturated carbocycles. The fraction of sp³-hybridized carbons (Fsp3) is 0.412. The molecule has 118 valence electrons. The molecule has 1 saturated heterocycles. The number of nitrogens with zero attached hydrogens (tertiary/aromatic N) is 2. The van der Waals surface area contributed by atoms with E-state index in [1.165, 1.54) is 17.1 Å². The van der Waals surface area contributed by atoms with Gasteiger partial charge in [0.1, 0.15) is 11.4 Å². The first-order valence-electron chi connectivity index (χ1n) is 7.78. The Labute approximate surface area is 130 Å². The zero-order valence-electron chi connectivity index (χ0n) is 12.7. The molecule has 0 bridgehead atoms. The van der Waals surface area contributed by atoms with Crippen LogP contribution in [0.2, 0.25) is 0 Å². The molecule has 5 heteroatoms. The minimum Gasteiger partial charge on any atom is -0.508 e. The second-order valence-electron chi connectivity index (χ2n) is 5.91. The smallest absolute Gasteiger partial charge is 0.223 e. The van der Waals surface area contributed by atoms with Crippen molar-refractivity contribution in [3.05, 3.63) is 30.3 Å². The van der Waals surface area contributed by atoms with Gasteiger partial charge in [-0.05, 0) is 30.9 Å². The third kappa shape index (κ3) is 2.58. The maximum Gasteiger partial charge on any atom is 0.223 e. The number of phenolic OH excluding ortho intramolecular Hbond substituents is 1. The van der Waals surface area contributed by atoms with E-state index in [0.29, 0.717) is 11.4 Å². The molecule has 5 nitrogen and oxygen atoms in total. The van der Waals surface area contributed by atoms with Crippen LogP contribution in [0.3, 0.4) is 0 Å². The summed E-state index contributed by atoms with van der Waals surface area (Å²) in [5.41, 5.74) is 1.18. The van der Waals surface area contributed by atoms with Crippen molar-refractivity contribution >= 4 is 5.69 Å². The molecule has 0 spiro atoms. The van der Waals surface area contributed by atoms with Gasteiger partial charge in [-0.1, -0.05) is 19.4 Å². The molecule has 0 amide bonds. The van der Waals surface area contributed by atoms with E-state index >= 15 is 0 Å². The van der Waals surface area contributed by atoms with E-state index in [4.69, 9.17) is 0 Å². The van der Waals surface area contributed by atoms with E-state index in [2.05, 4.69) is 11.8 Å². The van der Waals surface area contributed by atoms with Gasteiger partial charge in [-0.3, -0.25) is 0 Å². The molecule has 1 aromatic carbocycles. The predicted octanol–water partition coefficient (Wildman–Crippen LogP) is 3.22. The summed E-state index contributed by atoms with van der Waals surface area (Å²) in [5.74, 6) is 0.823. The Morgan fingerprint density at radius 3 is 2.45 bits per heavy atom. The van der Waals surface area contributed by atoms with Gasteiger partial charge in [0.05, 0.1) is 5.69 Å². The van der Waals surface area contributed by atoms with Crippen molar-refractivity contribution in [1.29, 1.82) is 0 Å². The molecule has 1 aliphatic heterocycles. The van der Waals surface area contributed by atoms with Gasteiger partial charge in [-0.2, -0.15) is 0 Å². The summed E-state index contributed by atoms with van der Waals surface area (Å²) in [4.78, 5) is 2.11. The second-order valence-corrected chi connectivity index (χ2v) is 5.91. The minimum atomic E-state index is -0.0317. The Hall–Kier alpha value is -2.30. The van der Waals surface area contributed by atoms with Gasteiger partial charge >= 0.3 is 0 Å². The van der Waals surface area contributed by atoms with Crippen molar-refractivity contribution in [2.75, 3.05) is 18.0 Å². The molecule has 22 heavy (non-hydrogen) atoms. The largest absolute Gasteiger partial charge is 0.508 e. The summed E-state index contributed by atoms with van der Waals surface area (Å²) < 4.78 is 1.35. The number of rotatable bonds is 3. The maximum atomic E-state index is 10.5. The van der Waals surface area contributed by atoms with Crippen LogP contribution in [-0.4, -0.2) is 33.0 Å². The molecule has 2 aromatic rings. The third-order valence-corrected chi connectivity index (χ3v) is 4.56. The van der Waals surface area contributed by atoms with Crippen LogP contribution in [0.5, 0.6) is 17.5 Å². The number of piperidine rings is 1. The van der Waals surface area contributed by atoms with Crippen LogP contribution < -0.4 is 4.90 Å². The summed E-state index contributed by atoms with van der Waals surface area (Å²) >= 11 is 0. The lowest BCUT2D eigenvalue weighted by atomic mass is 9.94. The van der Waals surface area contributed by atoms with E-state index in [-0.39, 0.29) is 17.5 Å². The molecule has 1 aromatic heterocycles. The third-order valence-electron chi connectivity index (χ3n) is 4.56. The number of hydrogen-bond acceptors (Lipinski definition) is 4. The van der Waals surface area contributed by atoms with Crippen LogP contribution in [0, 0.1) is 5.92 Å². The molecule has 0 aliphatic carbocycles. The van der Waals surface area contributed by atoms with Gasteiger partial charge in [0, 0.05) is 25.2 Å². The summed E-state index contributed by atoms with van der Waals surface area (Å²) in [6, 6.07) is 8.05. The van der Waals surface area contributed by atoms with Gasteiger partial charge in [-0.25, -0.2) is 4.57 Å². The Morgan fingerprint density at radius 2 is 1.82 bits per heavy atom. The fourth-order valence-electron chi connectivity index (χ4n) is 3.18. The minimum absolute atomic E-state index is 0.0121. The fourth-order valence-corrected chi connectivity index (χ4v) is 3.18. The lowest BCUT2D eigenvalue weighted by molar-refractivity contribution is 0.385. The predicted molar refractivity (Wildman–Crippen MR) is 86.0 cm³/mol. The summed E-state index contributed by atoms with van der Waals surface area (Å²) in [7, 11) is 0. The first-order valence-corrected chi connectivity index (χ1v) is 7.78. The summed E-state index contributed by atoms with van der Waals surface area (Å²) in [6.45, 7) is 3.98. The molecule has 3 rings (SSSR count). The first-order chi connectivity index (χ1) is 10.6.